The van der Waals surface area contributed by atoms with E-state index in [2.05, 4.69) is 24.1 Å². The highest BCUT2D eigenvalue weighted by molar-refractivity contribution is 7.17. The quantitative estimate of drug-likeness (QED) is 0.725. The summed E-state index contributed by atoms with van der Waals surface area (Å²) in [5.74, 6) is 0.389. The predicted molar refractivity (Wildman–Crippen MR) is 84.7 cm³/mol. The van der Waals surface area contributed by atoms with Gasteiger partial charge in [-0.15, -0.1) is 11.3 Å². The summed E-state index contributed by atoms with van der Waals surface area (Å²) in [4.78, 5) is 15.3. The van der Waals surface area contributed by atoms with Gasteiger partial charge in [0.1, 0.15) is 5.69 Å². The normalized spacial score (nSPS) is 11.2. The summed E-state index contributed by atoms with van der Waals surface area (Å²) in [6.07, 6.45) is 0. The zero-order valence-corrected chi connectivity index (χ0v) is 12.3. The van der Waals surface area contributed by atoms with Crippen LogP contribution in [0.15, 0.2) is 41.8 Å². The highest BCUT2D eigenvalue weighted by Crippen LogP contribution is 2.22. The Bertz CT molecular complexity index is 709. The highest BCUT2D eigenvalue weighted by Gasteiger charge is 2.10. The molecule has 0 aliphatic carbocycles. The summed E-state index contributed by atoms with van der Waals surface area (Å²) in [5, 5.41) is 4.92. The maximum absolute atomic E-state index is 12.2. The second-order valence-electron chi connectivity index (χ2n) is 5.11. The van der Waals surface area contributed by atoms with Crippen LogP contribution in [0.3, 0.4) is 0 Å². The number of H-pyrrole nitrogens is 1. The molecule has 0 bridgehead atoms. The number of rotatable bonds is 3. The number of fused-ring (bicyclic) bond motifs is 1. The molecular weight excluding hydrogens is 268 g/mol. The molecule has 0 unspecified atom stereocenters. The second kappa shape index (κ2) is 5.13. The average molecular weight is 284 g/mol. The zero-order valence-electron chi connectivity index (χ0n) is 11.4. The molecule has 0 spiro atoms. The molecule has 0 aliphatic heterocycles. The molecule has 20 heavy (non-hydrogen) atoms. The van der Waals surface area contributed by atoms with Gasteiger partial charge in [0, 0.05) is 5.69 Å². The van der Waals surface area contributed by atoms with E-state index < -0.39 is 0 Å². The Balaban J connectivity index is 1.76. The van der Waals surface area contributed by atoms with Crippen LogP contribution in [0.4, 0.5) is 5.69 Å². The second-order valence-corrected chi connectivity index (χ2v) is 6.06. The van der Waals surface area contributed by atoms with Gasteiger partial charge >= 0.3 is 0 Å². The molecule has 0 radical (unpaired) electrons. The Morgan fingerprint density at radius 2 is 1.95 bits per heavy atom. The van der Waals surface area contributed by atoms with Crippen LogP contribution in [0.1, 0.15) is 35.8 Å². The number of carbonyl (C=O) groups is 1. The molecule has 3 aromatic rings. The van der Waals surface area contributed by atoms with E-state index in [1.54, 1.807) is 11.3 Å². The van der Waals surface area contributed by atoms with E-state index in [-0.39, 0.29) is 5.91 Å². The number of aromatic nitrogens is 1. The van der Waals surface area contributed by atoms with Crippen molar-refractivity contribution in [3.8, 4) is 0 Å². The third kappa shape index (κ3) is 2.47. The summed E-state index contributed by atoms with van der Waals surface area (Å²) in [6, 6.07) is 11.9. The predicted octanol–water partition coefficient (Wildman–Crippen LogP) is 4.61. The van der Waals surface area contributed by atoms with Crippen molar-refractivity contribution >= 4 is 33.1 Å². The summed E-state index contributed by atoms with van der Waals surface area (Å²) in [7, 11) is 0. The van der Waals surface area contributed by atoms with Crippen molar-refractivity contribution in [2.45, 2.75) is 19.8 Å². The van der Waals surface area contributed by atoms with Gasteiger partial charge in [-0.05, 0) is 41.1 Å². The Kier molecular flexibility index (Phi) is 3.32. The smallest absolute Gasteiger partial charge is 0.272 e. The number of hydrogen-bond donors (Lipinski definition) is 2. The number of benzene rings is 1. The fourth-order valence-electron chi connectivity index (χ4n) is 2.12. The van der Waals surface area contributed by atoms with Crippen LogP contribution in [0, 0.1) is 0 Å². The number of carbonyl (C=O) groups excluding carboxylic acids is 1. The van der Waals surface area contributed by atoms with Crippen LogP contribution in [0.5, 0.6) is 0 Å². The molecule has 0 fully saturated rings. The minimum absolute atomic E-state index is 0.106. The van der Waals surface area contributed by atoms with Crippen LogP contribution in [0.25, 0.3) is 10.2 Å². The van der Waals surface area contributed by atoms with Crippen molar-refractivity contribution in [3.05, 3.63) is 53.0 Å². The largest absolute Gasteiger partial charge is 0.350 e. The Morgan fingerprint density at radius 1 is 1.20 bits per heavy atom. The number of anilines is 1. The van der Waals surface area contributed by atoms with E-state index in [4.69, 9.17) is 0 Å². The number of aromatic amines is 1. The first-order valence-corrected chi connectivity index (χ1v) is 7.49. The van der Waals surface area contributed by atoms with E-state index in [1.807, 2.05) is 41.8 Å². The van der Waals surface area contributed by atoms with Crippen LogP contribution in [-0.4, -0.2) is 10.9 Å². The van der Waals surface area contributed by atoms with Crippen molar-refractivity contribution < 1.29 is 4.79 Å². The van der Waals surface area contributed by atoms with Gasteiger partial charge in [-0.25, -0.2) is 0 Å². The fraction of sp³-hybridized carbons (Fsp3) is 0.188. The van der Waals surface area contributed by atoms with E-state index >= 15 is 0 Å². The van der Waals surface area contributed by atoms with Gasteiger partial charge in [0.2, 0.25) is 0 Å². The topological polar surface area (TPSA) is 44.9 Å². The van der Waals surface area contributed by atoms with Gasteiger partial charge in [-0.1, -0.05) is 26.0 Å². The lowest BCUT2D eigenvalue weighted by Gasteiger charge is -2.07. The van der Waals surface area contributed by atoms with E-state index in [9.17, 15) is 4.79 Å². The third-order valence-electron chi connectivity index (χ3n) is 3.32. The summed E-state index contributed by atoms with van der Waals surface area (Å²) in [5.41, 5.74) is 3.69. The first-order valence-electron chi connectivity index (χ1n) is 6.61. The molecule has 0 saturated carbocycles. The molecule has 2 N–H and O–H groups in total. The van der Waals surface area contributed by atoms with Crippen molar-refractivity contribution in [2.75, 3.05) is 5.32 Å². The van der Waals surface area contributed by atoms with Crippen molar-refractivity contribution in [1.82, 2.24) is 4.98 Å². The molecule has 102 valence electrons. The van der Waals surface area contributed by atoms with Gasteiger partial charge in [0.15, 0.2) is 0 Å². The molecule has 3 nitrogen and oxygen atoms in total. The van der Waals surface area contributed by atoms with Crippen molar-refractivity contribution in [1.29, 1.82) is 0 Å². The van der Waals surface area contributed by atoms with Crippen LogP contribution >= 0.6 is 11.3 Å². The molecule has 4 heteroatoms. The molecule has 2 heterocycles. The fourth-order valence-corrected chi connectivity index (χ4v) is 2.90. The van der Waals surface area contributed by atoms with Crippen LogP contribution < -0.4 is 5.32 Å². The lowest BCUT2D eigenvalue weighted by Crippen LogP contribution is -2.12. The highest BCUT2D eigenvalue weighted by atomic mass is 32.1. The van der Waals surface area contributed by atoms with Gasteiger partial charge in [-0.2, -0.15) is 0 Å². The summed E-state index contributed by atoms with van der Waals surface area (Å²) in [6.45, 7) is 4.30. The number of thiophene rings is 1. The lowest BCUT2D eigenvalue weighted by atomic mass is 10.0. The Labute approximate surface area is 121 Å². The first kappa shape index (κ1) is 12.9. The van der Waals surface area contributed by atoms with Crippen LogP contribution in [-0.2, 0) is 0 Å². The molecule has 1 amide bonds. The average Bonchev–Trinajstić information content (AvgIpc) is 2.99. The molecule has 0 atom stereocenters. The Hall–Kier alpha value is -2.07. The Morgan fingerprint density at radius 3 is 2.60 bits per heavy atom. The number of hydrogen-bond acceptors (Lipinski definition) is 2. The minimum Gasteiger partial charge on any atom is -0.350 e. The van der Waals surface area contributed by atoms with Gasteiger partial charge < -0.3 is 10.3 Å². The summed E-state index contributed by atoms with van der Waals surface area (Å²) < 4.78 is 1.10. The van der Waals surface area contributed by atoms with Crippen molar-refractivity contribution in [3.63, 3.8) is 0 Å². The number of amides is 1. The maximum atomic E-state index is 12.2. The standard InChI is InChI=1S/C16H16N2OS/c1-10(2)11-3-5-12(6-4-11)17-16(19)14-9-15-13(18-14)7-8-20-15/h3-10,18H,1-2H3,(H,17,19). The zero-order chi connectivity index (χ0) is 14.1. The molecule has 3 rings (SSSR count). The van der Waals surface area contributed by atoms with E-state index in [0.717, 1.165) is 15.9 Å². The van der Waals surface area contributed by atoms with Gasteiger partial charge in [-0.3, -0.25) is 4.79 Å². The van der Waals surface area contributed by atoms with Gasteiger partial charge in [0.05, 0.1) is 10.2 Å². The maximum Gasteiger partial charge on any atom is 0.272 e. The lowest BCUT2D eigenvalue weighted by molar-refractivity contribution is 0.102. The molecule has 0 aliphatic rings. The monoisotopic (exact) mass is 284 g/mol. The molecule has 0 saturated heterocycles. The third-order valence-corrected chi connectivity index (χ3v) is 4.18. The SMILES string of the molecule is CC(C)c1ccc(NC(=O)c2cc3sccc3[nH]2)cc1. The van der Waals surface area contributed by atoms with E-state index in [1.165, 1.54) is 5.56 Å². The molecule has 1 aromatic carbocycles. The number of nitrogens with one attached hydrogen (secondary N) is 2. The van der Waals surface area contributed by atoms with Crippen LogP contribution in [0.2, 0.25) is 0 Å². The van der Waals surface area contributed by atoms with E-state index in [0.29, 0.717) is 11.6 Å². The summed E-state index contributed by atoms with van der Waals surface area (Å²) >= 11 is 1.63. The minimum atomic E-state index is -0.106. The molecular formula is C16H16N2OS. The van der Waals surface area contributed by atoms with Crippen molar-refractivity contribution in [2.24, 2.45) is 0 Å². The van der Waals surface area contributed by atoms with Gasteiger partial charge in [0.25, 0.3) is 5.91 Å². The molecule has 2 aromatic heterocycles. The first-order chi connectivity index (χ1) is 9.63.